The molecular weight excluding hydrogens is 434 g/mol. The van der Waals surface area contributed by atoms with Gasteiger partial charge in [-0.1, -0.05) is 23.7 Å². The van der Waals surface area contributed by atoms with Gasteiger partial charge in [-0.25, -0.2) is 8.42 Å². The number of carbonyl (C=O) groups excluding carboxylic acids is 2. The van der Waals surface area contributed by atoms with Gasteiger partial charge in [-0.3, -0.25) is 9.59 Å². The maximum atomic E-state index is 12.2. The van der Waals surface area contributed by atoms with Crippen molar-refractivity contribution in [3.8, 4) is 5.75 Å². The first-order valence-electron chi connectivity index (χ1n) is 9.44. The monoisotopic (exact) mass is 457 g/mol. The van der Waals surface area contributed by atoms with Crippen LogP contribution in [0.2, 0.25) is 5.02 Å². The summed E-state index contributed by atoms with van der Waals surface area (Å²) < 4.78 is 30.1. The fourth-order valence-corrected chi connectivity index (χ4v) is 4.04. The predicted octanol–water partition coefficient (Wildman–Crippen LogP) is 3.52. The van der Waals surface area contributed by atoms with Gasteiger partial charge in [0.2, 0.25) is 0 Å². The molecule has 2 rings (SSSR count). The second kappa shape index (κ2) is 10.1. The highest BCUT2D eigenvalue weighted by atomic mass is 35.5. The first-order chi connectivity index (χ1) is 14.1. The van der Waals surface area contributed by atoms with Crippen LogP contribution in [0.4, 0.5) is 0 Å². The van der Waals surface area contributed by atoms with Crippen LogP contribution in [0.25, 0.3) is 5.76 Å². The Morgan fingerprint density at radius 2 is 1.83 bits per heavy atom. The summed E-state index contributed by atoms with van der Waals surface area (Å²) in [6, 6.07) is 2.46. The molecule has 0 unspecified atom stereocenters. The number of hydrogen-bond donors (Lipinski definition) is 1. The lowest BCUT2D eigenvalue weighted by atomic mass is 9.90. The van der Waals surface area contributed by atoms with Crippen molar-refractivity contribution in [2.24, 2.45) is 5.16 Å². The van der Waals surface area contributed by atoms with E-state index in [4.69, 9.17) is 21.2 Å². The van der Waals surface area contributed by atoms with E-state index in [1.54, 1.807) is 6.92 Å². The van der Waals surface area contributed by atoms with Crippen molar-refractivity contribution in [3.63, 3.8) is 0 Å². The van der Waals surface area contributed by atoms with Gasteiger partial charge in [-0.2, -0.15) is 0 Å². The Balaban J connectivity index is 2.57. The van der Waals surface area contributed by atoms with Crippen LogP contribution in [0, 0.1) is 0 Å². The number of aliphatic hydroxyl groups excluding tert-OH is 1. The molecule has 1 fully saturated rings. The highest BCUT2D eigenvalue weighted by Gasteiger charge is 2.30. The second-order valence-corrected chi connectivity index (χ2v) is 9.03. The van der Waals surface area contributed by atoms with Crippen molar-refractivity contribution < 1.29 is 32.7 Å². The number of ketones is 2. The number of oxime groups is 1. The van der Waals surface area contributed by atoms with E-state index in [0.717, 1.165) is 6.26 Å². The number of sulfone groups is 1. The van der Waals surface area contributed by atoms with Gasteiger partial charge in [0.25, 0.3) is 0 Å². The van der Waals surface area contributed by atoms with Gasteiger partial charge in [0.1, 0.15) is 29.4 Å². The first kappa shape index (κ1) is 23.9. The maximum absolute atomic E-state index is 12.2. The van der Waals surface area contributed by atoms with Crippen LogP contribution in [-0.2, 0) is 24.3 Å². The quantitative estimate of drug-likeness (QED) is 0.208. The van der Waals surface area contributed by atoms with E-state index in [1.807, 2.05) is 6.92 Å². The molecule has 0 amide bonds. The number of halogens is 1. The van der Waals surface area contributed by atoms with Crippen molar-refractivity contribution in [3.05, 3.63) is 28.3 Å². The Hall–Kier alpha value is -2.39. The summed E-state index contributed by atoms with van der Waals surface area (Å²) in [5.41, 5.74) is 0.129. The van der Waals surface area contributed by atoms with E-state index >= 15 is 0 Å². The van der Waals surface area contributed by atoms with E-state index in [2.05, 4.69) is 5.16 Å². The molecule has 0 saturated heterocycles. The Labute approximate surface area is 180 Å². The molecule has 1 aromatic carbocycles. The Kier molecular flexibility index (Phi) is 8.03. The van der Waals surface area contributed by atoms with Gasteiger partial charge in [-0.05, 0) is 31.9 Å². The van der Waals surface area contributed by atoms with E-state index in [-0.39, 0.29) is 46.3 Å². The predicted molar refractivity (Wildman–Crippen MR) is 113 cm³/mol. The number of benzene rings is 1. The number of rotatable bonds is 8. The Bertz CT molecular complexity index is 994. The standard InChI is InChI=1S/C20H24ClNO7S/c1-4-12(22-29-5-2)11-28-20-16(30(3,26)27)10-9-13(18(20)21)19(25)17-14(23)7-6-8-15(17)24/h9-10,25H,4-8,11H2,1-3H3/b22-12+. The second-order valence-electron chi connectivity index (χ2n) is 6.67. The lowest BCUT2D eigenvalue weighted by molar-refractivity contribution is -0.123. The number of carbonyl (C=O) groups is 2. The summed E-state index contributed by atoms with van der Waals surface area (Å²) in [7, 11) is -3.73. The Morgan fingerprint density at radius 1 is 1.20 bits per heavy atom. The van der Waals surface area contributed by atoms with Crippen LogP contribution in [0.3, 0.4) is 0 Å². The van der Waals surface area contributed by atoms with Crippen LogP contribution in [0.1, 0.15) is 45.1 Å². The molecule has 0 heterocycles. The van der Waals surface area contributed by atoms with Crippen LogP contribution in [0.15, 0.2) is 27.8 Å². The molecule has 164 valence electrons. The zero-order chi connectivity index (χ0) is 22.5. The SMILES string of the molecule is CCO/N=C(\CC)COc1c(S(C)(=O)=O)ccc(C(O)=C2C(=O)CCCC2=O)c1Cl. The molecule has 0 atom stereocenters. The fraction of sp³-hybridized carbons (Fsp3) is 0.450. The third-order valence-electron chi connectivity index (χ3n) is 4.43. The fourth-order valence-electron chi connectivity index (χ4n) is 2.87. The van der Waals surface area contributed by atoms with E-state index in [0.29, 0.717) is 25.2 Å². The van der Waals surface area contributed by atoms with Gasteiger partial charge >= 0.3 is 0 Å². The molecule has 1 aliphatic rings. The van der Waals surface area contributed by atoms with Crippen molar-refractivity contribution in [1.82, 2.24) is 0 Å². The molecule has 0 spiro atoms. The van der Waals surface area contributed by atoms with Crippen LogP contribution < -0.4 is 4.74 Å². The molecule has 0 radical (unpaired) electrons. The zero-order valence-electron chi connectivity index (χ0n) is 17.0. The van der Waals surface area contributed by atoms with Crippen molar-refractivity contribution in [2.45, 2.75) is 44.4 Å². The lowest BCUT2D eigenvalue weighted by Gasteiger charge is -2.18. The normalized spacial score (nSPS) is 15.3. The molecule has 8 nitrogen and oxygen atoms in total. The van der Waals surface area contributed by atoms with Crippen LogP contribution in [0.5, 0.6) is 5.75 Å². The number of hydrogen-bond acceptors (Lipinski definition) is 8. The molecule has 0 aromatic heterocycles. The molecular formula is C20H24ClNO7S. The summed E-state index contributed by atoms with van der Waals surface area (Å²) >= 11 is 6.38. The number of aliphatic hydroxyl groups is 1. The number of Topliss-reactive ketones (excluding diaryl/α,β-unsaturated/α-hetero) is 2. The molecule has 10 heteroatoms. The van der Waals surface area contributed by atoms with Gasteiger partial charge in [0.05, 0.1) is 10.7 Å². The summed E-state index contributed by atoms with van der Waals surface area (Å²) in [5, 5.41) is 14.3. The van der Waals surface area contributed by atoms with Crippen molar-refractivity contribution in [1.29, 1.82) is 0 Å². The van der Waals surface area contributed by atoms with Gasteiger partial charge in [-0.15, -0.1) is 0 Å². The highest BCUT2D eigenvalue weighted by Crippen LogP contribution is 2.39. The molecule has 1 N–H and O–H groups in total. The topological polar surface area (TPSA) is 119 Å². The summed E-state index contributed by atoms with van der Waals surface area (Å²) in [6.07, 6.45) is 2.18. The van der Waals surface area contributed by atoms with Crippen LogP contribution >= 0.6 is 11.6 Å². The van der Waals surface area contributed by atoms with Crippen LogP contribution in [-0.4, -0.2) is 50.3 Å². The Morgan fingerprint density at radius 3 is 2.37 bits per heavy atom. The third kappa shape index (κ3) is 5.40. The average Bonchev–Trinajstić information content (AvgIpc) is 2.67. The third-order valence-corrected chi connectivity index (χ3v) is 5.93. The molecule has 0 aliphatic heterocycles. The molecule has 1 saturated carbocycles. The van der Waals surface area contributed by atoms with Gasteiger partial charge in [0.15, 0.2) is 27.2 Å². The number of allylic oxidation sites excluding steroid dienone is 1. The summed E-state index contributed by atoms with van der Waals surface area (Å²) in [4.78, 5) is 29.1. The van der Waals surface area contributed by atoms with E-state index in [9.17, 15) is 23.1 Å². The smallest absolute Gasteiger partial charge is 0.179 e. The average molecular weight is 458 g/mol. The maximum Gasteiger partial charge on any atom is 0.179 e. The minimum absolute atomic E-state index is 0.0579. The molecule has 0 bridgehead atoms. The largest absolute Gasteiger partial charge is 0.506 e. The number of nitrogens with zero attached hydrogens (tertiary/aromatic N) is 1. The van der Waals surface area contributed by atoms with E-state index < -0.39 is 27.2 Å². The molecule has 30 heavy (non-hydrogen) atoms. The summed E-state index contributed by atoms with van der Waals surface area (Å²) in [5.74, 6) is -1.74. The van der Waals surface area contributed by atoms with Crippen molar-refractivity contribution >= 4 is 44.5 Å². The number of ether oxygens (including phenoxy) is 1. The van der Waals surface area contributed by atoms with Crippen molar-refractivity contribution in [2.75, 3.05) is 19.5 Å². The highest BCUT2D eigenvalue weighted by molar-refractivity contribution is 7.90. The lowest BCUT2D eigenvalue weighted by Crippen LogP contribution is -2.20. The first-order valence-corrected chi connectivity index (χ1v) is 11.7. The molecule has 1 aromatic rings. The minimum Gasteiger partial charge on any atom is -0.506 e. The van der Waals surface area contributed by atoms with Gasteiger partial charge in [0, 0.05) is 24.7 Å². The molecule has 1 aliphatic carbocycles. The summed E-state index contributed by atoms with van der Waals surface area (Å²) in [6.45, 7) is 3.85. The van der Waals surface area contributed by atoms with Gasteiger partial charge < -0.3 is 14.7 Å². The minimum atomic E-state index is -3.73. The zero-order valence-corrected chi connectivity index (χ0v) is 18.6. The van der Waals surface area contributed by atoms with E-state index in [1.165, 1.54) is 12.1 Å².